The van der Waals surface area contributed by atoms with Crippen molar-refractivity contribution in [2.45, 2.75) is 154 Å². The first kappa shape index (κ1) is 26.2. The fraction of sp³-hybridized carbons (Fsp3) is 1.00. The Morgan fingerprint density at radius 2 is 1.52 bits per heavy atom. The monoisotopic (exact) mass is 473 g/mol. The molecule has 0 spiro atoms. The largest absolute Gasteiger partial charge is 0.300 e. The van der Waals surface area contributed by atoms with Gasteiger partial charge < -0.3 is 0 Å². The Bertz CT molecular complexity index is 616. The smallest absolute Gasteiger partial charge is 0.0542 e. The highest BCUT2D eigenvalue weighted by atomic mass is 28.3. The third-order valence-electron chi connectivity index (χ3n) is 11.6. The summed E-state index contributed by atoms with van der Waals surface area (Å²) in [6.07, 6.45) is 21.2. The fourth-order valence-corrected chi connectivity index (χ4v) is 15.7. The van der Waals surface area contributed by atoms with Crippen molar-refractivity contribution in [3.8, 4) is 0 Å². The summed E-state index contributed by atoms with van der Waals surface area (Å²) in [5, 5.41) is 0. The van der Waals surface area contributed by atoms with Crippen molar-refractivity contribution < 1.29 is 0 Å². The highest BCUT2D eigenvalue weighted by molar-refractivity contribution is 6.80. The summed E-state index contributed by atoms with van der Waals surface area (Å²) >= 11 is 0. The number of rotatable bonds is 5. The van der Waals surface area contributed by atoms with E-state index >= 15 is 0 Å². The van der Waals surface area contributed by atoms with E-state index in [1.807, 2.05) is 0 Å². The van der Waals surface area contributed by atoms with E-state index in [9.17, 15) is 0 Å². The van der Waals surface area contributed by atoms with Crippen molar-refractivity contribution in [2.24, 2.45) is 35.5 Å². The fourth-order valence-electron chi connectivity index (χ4n) is 10.3. The van der Waals surface area contributed by atoms with Gasteiger partial charge in [0.25, 0.3) is 0 Å². The van der Waals surface area contributed by atoms with Crippen LogP contribution >= 0.6 is 0 Å². The normalized spacial score (nSPS) is 45.2. The van der Waals surface area contributed by atoms with Crippen LogP contribution in [0.3, 0.4) is 0 Å². The third kappa shape index (κ3) is 4.92. The number of hydrogen-bond acceptors (Lipinski definition) is 1. The zero-order valence-corrected chi connectivity index (χ0v) is 24.6. The van der Waals surface area contributed by atoms with Crippen molar-refractivity contribution >= 4 is 8.07 Å². The van der Waals surface area contributed by atoms with Gasteiger partial charge in [-0.1, -0.05) is 98.6 Å². The summed E-state index contributed by atoms with van der Waals surface area (Å²) in [6, 6.07) is 1.90. The van der Waals surface area contributed by atoms with Gasteiger partial charge in [0.15, 0.2) is 0 Å². The first-order valence-electron chi connectivity index (χ1n) is 15.6. The molecule has 4 aliphatic carbocycles. The first-order chi connectivity index (χ1) is 15.8. The molecule has 5 aliphatic rings. The average Bonchev–Trinajstić information content (AvgIpc) is 3.47. The van der Waals surface area contributed by atoms with Crippen LogP contribution < -0.4 is 0 Å². The molecule has 0 aromatic rings. The molecule has 0 aromatic heterocycles. The summed E-state index contributed by atoms with van der Waals surface area (Å²) < 4.78 is 0. The highest BCUT2D eigenvalue weighted by Gasteiger charge is 2.65. The zero-order valence-electron chi connectivity index (χ0n) is 23.6. The molecule has 1 heterocycles. The molecular formula is C31H59NSi. The van der Waals surface area contributed by atoms with Crippen LogP contribution in [0.15, 0.2) is 0 Å². The van der Waals surface area contributed by atoms with Crippen LogP contribution in [0.1, 0.15) is 118 Å². The second-order valence-electron chi connectivity index (χ2n) is 14.1. The van der Waals surface area contributed by atoms with Gasteiger partial charge in [-0.25, -0.2) is 0 Å². The molecular weight excluding hydrogens is 414 g/mol. The van der Waals surface area contributed by atoms with E-state index in [4.69, 9.17) is 0 Å². The van der Waals surface area contributed by atoms with Gasteiger partial charge in [0.05, 0.1) is 8.07 Å². The van der Waals surface area contributed by atoms with Crippen molar-refractivity contribution in [3.63, 3.8) is 0 Å². The Kier molecular flexibility index (Phi) is 8.80. The van der Waals surface area contributed by atoms with Crippen molar-refractivity contribution in [2.75, 3.05) is 7.05 Å². The van der Waals surface area contributed by atoms with Gasteiger partial charge in [-0.15, -0.1) is 0 Å². The molecule has 2 heteroatoms. The number of hydrogen-bond donors (Lipinski definition) is 0. The van der Waals surface area contributed by atoms with E-state index in [1.165, 1.54) is 44.9 Å². The second kappa shape index (κ2) is 11.1. The maximum atomic E-state index is 2.99. The van der Waals surface area contributed by atoms with E-state index in [1.54, 1.807) is 44.9 Å². The van der Waals surface area contributed by atoms with Crippen LogP contribution in [0.4, 0.5) is 0 Å². The van der Waals surface area contributed by atoms with Crippen molar-refractivity contribution in [3.05, 3.63) is 0 Å². The van der Waals surface area contributed by atoms with Gasteiger partial charge in [0.2, 0.25) is 0 Å². The number of likely N-dealkylation sites (tertiary alicyclic amines) is 1. The third-order valence-corrected chi connectivity index (χ3v) is 16.8. The molecule has 192 valence electrons. The van der Waals surface area contributed by atoms with E-state index in [-0.39, 0.29) is 0 Å². The lowest BCUT2D eigenvalue weighted by Gasteiger charge is -2.47. The lowest BCUT2D eigenvalue weighted by molar-refractivity contribution is 0.109. The Morgan fingerprint density at radius 3 is 2.21 bits per heavy atom. The summed E-state index contributed by atoms with van der Waals surface area (Å²) in [7, 11) is 1.30. The lowest BCUT2D eigenvalue weighted by atomic mass is 9.73. The Hall–Kier alpha value is 0.177. The molecule has 4 saturated carbocycles. The van der Waals surface area contributed by atoms with Gasteiger partial charge in [-0.3, -0.25) is 4.90 Å². The SMILES string of the molecule is CCC.CCCCC1CCC([Si](C)(C)C2C3CCCCC3C3C2C2CC(C)CCC2N3C)C1. The molecule has 0 bridgehead atoms. The van der Waals surface area contributed by atoms with Gasteiger partial charge >= 0.3 is 0 Å². The summed E-state index contributed by atoms with van der Waals surface area (Å²) in [5.74, 6) is 6.34. The summed E-state index contributed by atoms with van der Waals surface area (Å²) in [5.41, 5.74) is 2.28. The highest BCUT2D eigenvalue weighted by Crippen LogP contribution is 2.67. The van der Waals surface area contributed by atoms with Crippen LogP contribution in [0, 0.1) is 35.5 Å². The number of nitrogens with zero attached hydrogens (tertiary/aromatic N) is 1. The molecule has 1 saturated heterocycles. The van der Waals surface area contributed by atoms with E-state index in [2.05, 4.69) is 52.7 Å². The van der Waals surface area contributed by atoms with Crippen LogP contribution in [-0.4, -0.2) is 32.1 Å². The predicted octanol–water partition coefficient (Wildman–Crippen LogP) is 9.40. The van der Waals surface area contributed by atoms with Crippen LogP contribution in [0.25, 0.3) is 0 Å². The van der Waals surface area contributed by atoms with E-state index in [0.717, 1.165) is 58.7 Å². The molecule has 5 fully saturated rings. The average molecular weight is 474 g/mol. The standard InChI is InChI=1S/C28H51NSi.C3H8/c1-6-7-10-20-14-15-21(18-20)30(4,5)28-23-12-9-8-11-22(23)27-26(28)24-17-19(2)13-16-25(24)29(27)3;1-3-2/h19-28H,6-18H2,1-5H3;3H2,1-2H3. The molecule has 0 aromatic carbocycles. The maximum absolute atomic E-state index is 2.99. The molecule has 10 unspecified atom stereocenters. The van der Waals surface area contributed by atoms with Gasteiger partial charge in [0.1, 0.15) is 0 Å². The minimum Gasteiger partial charge on any atom is -0.300 e. The van der Waals surface area contributed by atoms with Crippen molar-refractivity contribution in [1.29, 1.82) is 0 Å². The molecule has 33 heavy (non-hydrogen) atoms. The van der Waals surface area contributed by atoms with Gasteiger partial charge in [-0.2, -0.15) is 0 Å². The number of fused-ring (bicyclic) bond motifs is 5. The molecule has 0 N–H and O–H groups in total. The van der Waals surface area contributed by atoms with Crippen LogP contribution in [-0.2, 0) is 0 Å². The molecule has 0 amide bonds. The Balaban J connectivity index is 0.000000821. The lowest BCUT2D eigenvalue weighted by Crippen LogP contribution is -2.46. The van der Waals surface area contributed by atoms with Gasteiger partial charge in [-0.05, 0) is 85.7 Å². The van der Waals surface area contributed by atoms with Crippen molar-refractivity contribution in [1.82, 2.24) is 4.90 Å². The summed E-state index contributed by atoms with van der Waals surface area (Å²) in [6.45, 7) is 15.0. The van der Waals surface area contributed by atoms with E-state index in [0.29, 0.717) is 0 Å². The Morgan fingerprint density at radius 1 is 0.818 bits per heavy atom. The molecule has 1 aliphatic heterocycles. The van der Waals surface area contributed by atoms with Crippen LogP contribution in [0.2, 0.25) is 24.2 Å². The van der Waals surface area contributed by atoms with Crippen LogP contribution in [0.5, 0.6) is 0 Å². The predicted molar refractivity (Wildman–Crippen MR) is 149 cm³/mol. The second-order valence-corrected chi connectivity index (χ2v) is 19.2. The minimum absolute atomic E-state index is 0.937. The van der Waals surface area contributed by atoms with Gasteiger partial charge in [0, 0.05) is 12.1 Å². The molecule has 1 nitrogen and oxygen atoms in total. The number of unbranched alkanes of at least 4 members (excludes halogenated alkanes) is 1. The Labute approximate surface area is 209 Å². The molecule has 10 atom stereocenters. The topological polar surface area (TPSA) is 3.24 Å². The first-order valence-corrected chi connectivity index (χ1v) is 18.7. The molecule has 0 radical (unpaired) electrons. The molecule has 5 rings (SSSR count). The quantitative estimate of drug-likeness (QED) is 0.359. The van der Waals surface area contributed by atoms with E-state index < -0.39 is 8.07 Å². The minimum atomic E-state index is -1.27. The summed E-state index contributed by atoms with van der Waals surface area (Å²) in [4.78, 5) is 2.99. The zero-order chi connectivity index (χ0) is 23.8. The maximum Gasteiger partial charge on any atom is 0.0542 e.